The van der Waals surface area contributed by atoms with Gasteiger partial charge in [0.05, 0.1) is 22.4 Å². The Labute approximate surface area is 174 Å². The smallest absolute Gasteiger partial charge is 0.264 e. The van der Waals surface area contributed by atoms with Gasteiger partial charge in [0.2, 0.25) is 5.91 Å². The van der Waals surface area contributed by atoms with Crippen molar-refractivity contribution in [2.45, 2.75) is 50.8 Å². The van der Waals surface area contributed by atoms with E-state index in [1.807, 2.05) is 6.07 Å². The first-order chi connectivity index (χ1) is 14.4. The zero-order valence-corrected chi connectivity index (χ0v) is 16.7. The van der Waals surface area contributed by atoms with Crippen LogP contribution in [-0.2, 0) is 17.6 Å². The number of rotatable bonds is 3. The predicted molar refractivity (Wildman–Crippen MR) is 110 cm³/mol. The summed E-state index contributed by atoms with van der Waals surface area (Å²) < 4.78 is 0. The van der Waals surface area contributed by atoms with E-state index in [1.54, 1.807) is 25.1 Å². The van der Waals surface area contributed by atoms with Crippen molar-refractivity contribution in [1.82, 2.24) is 10.2 Å². The second-order valence-electron chi connectivity index (χ2n) is 8.46. The fourth-order valence-electron chi connectivity index (χ4n) is 4.78. The van der Waals surface area contributed by atoms with Crippen LogP contribution in [0.3, 0.4) is 0 Å². The van der Waals surface area contributed by atoms with E-state index in [-0.39, 0.29) is 18.7 Å². The van der Waals surface area contributed by atoms with Crippen LogP contribution in [0.25, 0.3) is 0 Å². The van der Waals surface area contributed by atoms with Crippen molar-refractivity contribution < 1.29 is 19.5 Å². The second-order valence-corrected chi connectivity index (χ2v) is 8.46. The van der Waals surface area contributed by atoms with Gasteiger partial charge in [-0.3, -0.25) is 19.3 Å². The van der Waals surface area contributed by atoms with Crippen molar-refractivity contribution in [1.29, 1.82) is 0 Å². The number of amides is 3. The minimum atomic E-state index is -1.31. The number of aliphatic hydroxyl groups excluding tert-OH is 1. The molecule has 0 radical (unpaired) electrons. The van der Waals surface area contributed by atoms with Gasteiger partial charge in [-0.15, -0.1) is 0 Å². The van der Waals surface area contributed by atoms with Crippen LogP contribution in [0.2, 0.25) is 0 Å². The van der Waals surface area contributed by atoms with Crippen molar-refractivity contribution in [3.8, 4) is 0 Å². The fraction of sp³-hybridized carbons (Fsp3) is 0.348. The van der Waals surface area contributed by atoms with Crippen molar-refractivity contribution in [2.24, 2.45) is 0 Å². The molecule has 3 aliphatic rings. The second kappa shape index (κ2) is 6.67. The number of fused-ring (bicyclic) bond motifs is 2. The highest BCUT2D eigenvalue weighted by molar-refractivity contribution is 6.24. The SMILES string of the molecule is C[C@]1(N2C(=O)c3cccc(Nc4ccc5c(c4)CCC5)c3C2=O)CCC(=O)NC1O. The van der Waals surface area contributed by atoms with E-state index in [2.05, 4.69) is 22.8 Å². The average molecular weight is 405 g/mol. The number of hydrogen-bond donors (Lipinski definition) is 3. The van der Waals surface area contributed by atoms with Gasteiger partial charge in [-0.2, -0.15) is 0 Å². The van der Waals surface area contributed by atoms with Gasteiger partial charge in [0.1, 0.15) is 6.23 Å². The summed E-state index contributed by atoms with van der Waals surface area (Å²) >= 11 is 0. The van der Waals surface area contributed by atoms with E-state index in [4.69, 9.17) is 0 Å². The molecule has 0 bridgehead atoms. The molecule has 3 amide bonds. The molecular weight excluding hydrogens is 382 g/mol. The van der Waals surface area contributed by atoms with Gasteiger partial charge in [-0.1, -0.05) is 12.1 Å². The van der Waals surface area contributed by atoms with Crippen LogP contribution in [0.15, 0.2) is 36.4 Å². The van der Waals surface area contributed by atoms with Gasteiger partial charge in [0.25, 0.3) is 11.8 Å². The summed E-state index contributed by atoms with van der Waals surface area (Å²) in [5, 5.41) is 16.2. The van der Waals surface area contributed by atoms with Crippen LogP contribution < -0.4 is 10.6 Å². The Kier molecular flexibility index (Phi) is 4.18. The topological polar surface area (TPSA) is 98.7 Å². The number of hydrogen-bond acceptors (Lipinski definition) is 5. The Morgan fingerprint density at radius 3 is 2.67 bits per heavy atom. The van der Waals surface area contributed by atoms with E-state index in [1.165, 1.54) is 11.1 Å². The Hall–Kier alpha value is -3.19. The van der Waals surface area contributed by atoms with E-state index in [0.29, 0.717) is 16.8 Å². The molecule has 7 nitrogen and oxygen atoms in total. The summed E-state index contributed by atoms with van der Waals surface area (Å²) in [5.74, 6) is -1.21. The number of piperidine rings is 1. The van der Waals surface area contributed by atoms with Gasteiger partial charge in [0, 0.05) is 12.1 Å². The highest BCUT2D eigenvalue weighted by Gasteiger charge is 2.52. The molecule has 0 aromatic heterocycles. The number of carbonyl (C=O) groups excluding carboxylic acids is 3. The number of anilines is 2. The molecule has 1 unspecified atom stereocenters. The quantitative estimate of drug-likeness (QED) is 0.682. The molecule has 5 rings (SSSR count). The first-order valence-electron chi connectivity index (χ1n) is 10.3. The van der Waals surface area contributed by atoms with Gasteiger partial charge in [-0.05, 0) is 68.0 Å². The zero-order valence-electron chi connectivity index (χ0n) is 16.7. The molecule has 154 valence electrons. The number of aliphatic hydroxyl groups is 1. The van der Waals surface area contributed by atoms with E-state index >= 15 is 0 Å². The molecule has 2 aliphatic heterocycles. The normalized spacial score (nSPS) is 25.2. The van der Waals surface area contributed by atoms with Gasteiger partial charge >= 0.3 is 0 Å². The van der Waals surface area contributed by atoms with Gasteiger partial charge in [-0.25, -0.2) is 0 Å². The summed E-state index contributed by atoms with van der Waals surface area (Å²) in [6.45, 7) is 1.63. The summed E-state index contributed by atoms with van der Waals surface area (Å²) in [6.07, 6.45) is 2.33. The maximum Gasteiger partial charge on any atom is 0.264 e. The summed E-state index contributed by atoms with van der Waals surface area (Å²) in [5.41, 5.74) is 3.50. The number of nitrogens with one attached hydrogen (secondary N) is 2. The van der Waals surface area contributed by atoms with Crippen molar-refractivity contribution in [3.05, 3.63) is 58.7 Å². The molecule has 1 aliphatic carbocycles. The maximum absolute atomic E-state index is 13.4. The van der Waals surface area contributed by atoms with E-state index in [0.717, 1.165) is 29.8 Å². The summed E-state index contributed by atoms with van der Waals surface area (Å²) in [4.78, 5) is 39.3. The minimum absolute atomic E-state index is 0.140. The molecule has 2 aromatic carbocycles. The van der Waals surface area contributed by atoms with Crippen LogP contribution in [-0.4, -0.2) is 39.5 Å². The fourth-order valence-corrected chi connectivity index (χ4v) is 4.78. The lowest BCUT2D eigenvalue weighted by molar-refractivity contribution is -0.133. The van der Waals surface area contributed by atoms with Crippen molar-refractivity contribution in [2.75, 3.05) is 5.32 Å². The van der Waals surface area contributed by atoms with Crippen LogP contribution in [0.1, 0.15) is 58.0 Å². The Balaban J connectivity index is 1.50. The van der Waals surface area contributed by atoms with E-state index in [9.17, 15) is 19.5 Å². The van der Waals surface area contributed by atoms with Crippen molar-refractivity contribution in [3.63, 3.8) is 0 Å². The monoisotopic (exact) mass is 405 g/mol. The number of carbonyl (C=O) groups is 3. The number of benzene rings is 2. The third kappa shape index (κ3) is 2.73. The molecule has 2 aromatic rings. The van der Waals surface area contributed by atoms with Crippen LogP contribution in [0, 0.1) is 0 Å². The Morgan fingerprint density at radius 1 is 1.07 bits per heavy atom. The minimum Gasteiger partial charge on any atom is -0.371 e. The van der Waals surface area contributed by atoms with Crippen molar-refractivity contribution >= 4 is 29.1 Å². The molecule has 0 spiro atoms. The Morgan fingerprint density at radius 2 is 1.87 bits per heavy atom. The van der Waals surface area contributed by atoms with Gasteiger partial charge in [0.15, 0.2) is 0 Å². The maximum atomic E-state index is 13.4. The zero-order chi connectivity index (χ0) is 21.0. The predicted octanol–water partition coefficient (Wildman–Crippen LogP) is 2.50. The number of imide groups is 1. The Bertz CT molecular complexity index is 1100. The molecule has 2 heterocycles. The summed E-state index contributed by atoms with van der Waals surface area (Å²) in [6, 6.07) is 11.3. The molecule has 30 heavy (non-hydrogen) atoms. The lowest BCUT2D eigenvalue weighted by atomic mass is 9.88. The van der Waals surface area contributed by atoms with Crippen LogP contribution in [0.5, 0.6) is 0 Å². The lowest BCUT2D eigenvalue weighted by Crippen LogP contribution is -2.65. The third-order valence-electron chi connectivity index (χ3n) is 6.55. The number of nitrogens with zero attached hydrogens (tertiary/aromatic N) is 1. The average Bonchev–Trinajstić information content (AvgIpc) is 3.28. The standard InChI is InChI=1S/C23H23N3O4/c1-23(11-10-18(27)25-22(23)30)26-20(28)16-6-3-7-17(19(16)21(26)29)24-15-9-8-13-4-2-5-14(13)12-15/h3,6-9,12,22,24,30H,2,4-5,10-11H2,1H3,(H,25,27)/t22?,23-/m0/s1. The molecule has 1 fully saturated rings. The van der Waals surface area contributed by atoms with Gasteiger partial charge < -0.3 is 15.7 Å². The first kappa shape index (κ1) is 18.8. The summed E-state index contributed by atoms with van der Waals surface area (Å²) in [7, 11) is 0. The molecule has 7 heteroatoms. The van der Waals surface area contributed by atoms with Crippen LogP contribution in [0.4, 0.5) is 11.4 Å². The largest absolute Gasteiger partial charge is 0.371 e. The van der Waals surface area contributed by atoms with Crippen LogP contribution >= 0.6 is 0 Å². The third-order valence-corrected chi connectivity index (χ3v) is 6.55. The molecular formula is C23H23N3O4. The highest BCUT2D eigenvalue weighted by atomic mass is 16.3. The molecule has 3 N–H and O–H groups in total. The highest BCUT2D eigenvalue weighted by Crippen LogP contribution is 2.39. The molecule has 2 atom stereocenters. The lowest BCUT2D eigenvalue weighted by Gasteiger charge is -2.43. The first-order valence-corrected chi connectivity index (χ1v) is 10.3. The van der Waals surface area contributed by atoms with E-state index < -0.39 is 23.6 Å². The number of aryl methyl sites for hydroxylation is 2. The molecule has 0 saturated carbocycles. The molecule has 1 saturated heterocycles.